The first kappa shape index (κ1) is 36.1. The molecule has 3 saturated carbocycles. The largest absolute Gasteiger partial charge is 0.496 e. The Bertz CT molecular complexity index is 1610. The molecule has 5 aliphatic rings. The Kier molecular flexibility index (Phi) is 10.2. The van der Waals surface area contributed by atoms with Crippen LogP contribution in [0.3, 0.4) is 0 Å². The van der Waals surface area contributed by atoms with E-state index in [4.69, 9.17) is 14.3 Å². The van der Waals surface area contributed by atoms with Gasteiger partial charge in [-0.05, 0) is 66.7 Å². The molecule has 2 aliphatic heterocycles. The summed E-state index contributed by atoms with van der Waals surface area (Å²) in [5.74, 6) is 0.245. The van der Waals surface area contributed by atoms with Crippen molar-refractivity contribution in [2.24, 2.45) is 29.1 Å². The smallest absolute Gasteiger partial charge is 0.328 e. The molecule has 0 radical (unpaired) electrons. The first-order valence-electron chi connectivity index (χ1n) is 17.7. The highest BCUT2D eigenvalue weighted by Crippen LogP contribution is 2.61. The number of para-hydroxylation sites is 1. The molecule has 3 aliphatic carbocycles. The molecule has 0 unspecified atom stereocenters. The van der Waals surface area contributed by atoms with E-state index >= 15 is 0 Å². The van der Waals surface area contributed by atoms with Crippen LogP contribution in [0.15, 0.2) is 36.4 Å². The summed E-state index contributed by atoms with van der Waals surface area (Å²) in [4.78, 5) is 47.7. The van der Waals surface area contributed by atoms with E-state index in [-0.39, 0.29) is 43.0 Å². The normalized spacial score (nSPS) is 30.6. The second-order valence-corrected chi connectivity index (χ2v) is 15.4. The molecule has 2 heterocycles. The van der Waals surface area contributed by atoms with E-state index in [2.05, 4.69) is 31.4 Å². The predicted octanol–water partition coefficient (Wildman–Crippen LogP) is 3.13. The van der Waals surface area contributed by atoms with Gasteiger partial charge in [-0.2, -0.15) is 5.06 Å². The first-order valence-corrected chi connectivity index (χ1v) is 17.7. The number of fused-ring (bicyclic) bond motifs is 2. The molecule has 0 spiro atoms. The second-order valence-electron chi connectivity index (χ2n) is 15.4. The number of esters is 1. The maximum absolute atomic E-state index is 14.2. The fourth-order valence-electron chi connectivity index (χ4n) is 8.85. The standard InChI is InChI=1S/C38H52N4O8/c1-20-28-16-25(38(28,3)4)17-30(20)40-36(46)33-32(21(2)44)31(19-43)50-42(33)18-22-9-8-10-27(34(22)48-7)23-13-24(15-26(14-23)41(5)6)35(45)39-29-11-12-49-37(29)47/h8-10,13-15,20-21,25,28-33,43-44H,11-12,16-19H2,1-7H3,(H,39,45)(H,40,46)/t20-,21-,25+,28+,29-,30-,31-,32-,33-/m0/s1. The highest BCUT2D eigenvalue weighted by atomic mass is 16.7. The van der Waals surface area contributed by atoms with Crippen molar-refractivity contribution in [1.82, 2.24) is 15.7 Å². The molecule has 9 atom stereocenters. The van der Waals surface area contributed by atoms with Crippen molar-refractivity contribution >= 4 is 23.5 Å². The summed E-state index contributed by atoms with van der Waals surface area (Å²) in [5.41, 5.74) is 3.57. The predicted molar refractivity (Wildman–Crippen MR) is 187 cm³/mol. The molecule has 2 amide bonds. The maximum Gasteiger partial charge on any atom is 0.328 e. The number of nitrogens with one attached hydrogen (secondary N) is 2. The summed E-state index contributed by atoms with van der Waals surface area (Å²) in [6, 6.07) is 9.62. The fraction of sp³-hybridized carbons (Fsp3) is 0.605. The molecule has 2 bridgehead atoms. The molecule has 2 saturated heterocycles. The van der Waals surface area contributed by atoms with Crippen LogP contribution in [0.25, 0.3) is 11.1 Å². The number of ether oxygens (including phenoxy) is 2. The lowest BCUT2D eigenvalue weighted by Gasteiger charge is -2.62. The van der Waals surface area contributed by atoms with Crippen molar-refractivity contribution in [2.75, 3.05) is 39.3 Å². The number of hydrogen-bond donors (Lipinski definition) is 4. The van der Waals surface area contributed by atoms with E-state index in [1.165, 1.54) is 6.42 Å². The Hall–Kier alpha value is -3.71. The van der Waals surface area contributed by atoms with Crippen molar-refractivity contribution in [3.8, 4) is 16.9 Å². The zero-order valence-electron chi connectivity index (χ0n) is 30.1. The zero-order valence-corrected chi connectivity index (χ0v) is 30.1. The van der Waals surface area contributed by atoms with E-state index in [9.17, 15) is 24.6 Å². The van der Waals surface area contributed by atoms with Gasteiger partial charge in [0, 0.05) is 54.9 Å². The zero-order chi connectivity index (χ0) is 36.1. The molecule has 0 aromatic heterocycles. The summed E-state index contributed by atoms with van der Waals surface area (Å²) >= 11 is 0. The number of nitrogens with zero attached hydrogens (tertiary/aromatic N) is 2. The number of aliphatic hydroxyl groups excluding tert-OH is 2. The van der Waals surface area contributed by atoms with Crippen LogP contribution in [0.5, 0.6) is 5.75 Å². The minimum absolute atomic E-state index is 0.0245. The van der Waals surface area contributed by atoms with Crippen LogP contribution in [0.4, 0.5) is 5.69 Å². The van der Waals surface area contributed by atoms with Crippen LogP contribution in [-0.4, -0.2) is 97.8 Å². The minimum atomic E-state index is -0.915. The van der Waals surface area contributed by atoms with Gasteiger partial charge < -0.3 is 35.2 Å². The molecular formula is C38H52N4O8. The molecule has 12 heteroatoms. The molecule has 50 heavy (non-hydrogen) atoms. The number of carbonyl (C=O) groups excluding carboxylic acids is 3. The molecule has 5 fully saturated rings. The topological polar surface area (TPSA) is 150 Å². The molecule has 12 nitrogen and oxygen atoms in total. The van der Waals surface area contributed by atoms with Crippen molar-refractivity contribution < 1.29 is 38.9 Å². The molecule has 4 N–H and O–H groups in total. The van der Waals surface area contributed by atoms with Gasteiger partial charge in [-0.15, -0.1) is 0 Å². The SMILES string of the molecule is COc1c(CN2O[C@@H](CO)[C@H]([C@H](C)O)[C@H]2C(=O)N[C@H]2C[C@H]3C[C@H]([C@@H]2C)C3(C)C)cccc1-c1cc(C(=O)N[C@H]2CCOC2=O)cc(N(C)C)c1. The highest BCUT2D eigenvalue weighted by molar-refractivity contribution is 5.99. The number of rotatable bonds is 11. The highest BCUT2D eigenvalue weighted by Gasteiger charge is 2.57. The van der Waals surface area contributed by atoms with Gasteiger partial charge in [-0.25, -0.2) is 4.79 Å². The van der Waals surface area contributed by atoms with Crippen molar-refractivity contribution in [3.05, 3.63) is 47.5 Å². The van der Waals surface area contributed by atoms with Crippen LogP contribution >= 0.6 is 0 Å². The Morgan fingerprint density at radius 2 is 1.92 bits per heavy atom. The van der Waals surface area contributed by atoms with Crippen LogP contribution in [0.2, 0.25) is 0 Å². The van der Waals surface area contributed by atoms with E-state index in [0.717, 1.165) is 17.7 Å². The lowest BCUT2D eigenvalue weighted by Crippen LogP contribution is -2.62. The average molecular weight is 693 g/mol. The lowest BCUT2D eigenvalue weighted by atomic mass is 9.45. The van der Waals surface area contributed by atoms with Gasteiger partial charge in [-0.3, -0.25) is 14.4 Å². The van der Waals surface area contributed by atoms with Crippen molar-refractivity contribution in [2.45, 2.75) is 83.8 Å². The number of aliphatic hydroxyl groups is 2. The first-order chi connectivity index (χ1) is 23.7. The van der Waals surface area contributed by atoms with Gasteiger partial charge in [0.15, 0.2) is 0 Å². The van der Waals surface area contributed by atoms with Gasteiger partial charge in [0.2, 0.25) is 5.91 Å². The third-order valence-corrected chi connectivity index (χ3v) is 11.9. The van der Waals surface area contributed by atoms with E-state index in [1.54, 1.807) is 31.2 Å². The quantitative estimate of drug-likeness (QED) is 0.259. The molecule has 7 rings (SSSR count). The third kappa shape index (κ3) is 6.58. The number of benzene rings is 2. The number of hydroxylamine groups is 2. The Morgan fingerprint density at radius 1 is 1.16 bits per heavy atom. The Morgan fingerprint density at radius 3 is 2.52 bits per heavy atom. The number of methoxy groups -OCH3 is 1. The fourth-order valence-corrected chi connectivity index (χ4v) is 8.85. The van der Waals surface area contributed by atoms with Crippen LogP contribution in [0.1, 0.15) is 62.9 Å². The summed E-state index contributed by atoms with van der Waals surface area (Å²) < 4.78 is 11.0. The molecule has 2 aromatic rings. The van der Waals surface area contributed by atoms with Gasteiger partial charge in [0.25, 0.3) is 5.91 Å². The van der Waals surface area contributed by atoms with E-state index in [1.807, 2.05) is 43.3 Å². The van der Waals surface area contributed by atoms with Crippen LogP contribution < -0.4 is 20.3 Å². The lowest BCUT2D eigenvalue weighted by molar-refractivity contribution is -0.183. The Balaban J connectivity index is 1.29. The average Bonchev–Trinajstić information content (AvgIpc) is 3.67. The van der Waals surface area contributed by atoms with Crippen molar-refractivity contribution in [3.63, 3.8) is 0 Å². The minimum Gasteiger partial charge on any atom is -0.496 e. The number of amides is 2. The number of carbonyl (C=O) groups is 3. The van der Waals surface area contributed by atoms with Crippen LogP contribution in [-0.2, 0) is 25.7 Å². The van der Waals surface area contributed by atoms with Gasteiger partial charge in [-0.1, -0.05) is 39.0 Å². The number of hydrogen-bond acceptors (Lipinski definition) is 10. The van der Waals surface area contributed by atoms with Gasteiger partial charge in [0.05, 0.1) is 33.0 Å². The number of anilines is 1. The summed E-state index contributed by atoms with van der Waals surface area (Å²) in [5, 5.41) is 28.9. The molecule has 272 valence electrons. The molecule has 2 aromatic carbocycles. The van der Waals surface area contributed by atoms with Crippen LogP contribution in [0, 0.1) is 29.1 Å². The van der Waals surface area contributed by atoms with E-state index in [0.29, 0.717) is 46.6 Å². The Labute approximate surface area is 294 Å². The third-order valence-electron chi connectivity index (χ3n) is 11.9. The van der Waals surface area contributed by atoms with Gasteiger partial charge in [0.1, 0.15) is 23.9 Å². The van der Waals surface area contributed by atoms with Crippen molar-refractivity contribution in [1.29, 1.82) is 0 Å². The maximum atomic E-state index is 14.2. The summed E-state index contributed by atoms with van der Waals surface area (Å²) in [7, 11) is 5.33. The van der Waals surface area contributed by atoms with E-state index < -0.39 is 36.2 Å². The van der Waals surface area contributed by atoms with Gasteiger partial charge >= 0.3 is 5.97 Å². The summed E-state index contributed by atoms with van der Waals surface area (Å²) in [6.45, 7) is 8.55. The number of cyclic esters (lactones) is 1. The monoisotopic (exact) mass is 692 g/mol. The second kappa shape index (κ2) is 14.1. The molecular weight excluding hydrogens is 640 g/mol. The summed E-state index contributed by atoms with van der Waals surface area (Å²) in [6.07, 6.45) is 0.841.